The van der Waals surface area contributed by atoms with E-state index in [-0.39, 0.29) is 12.1 Å². The number of nitrogens with two attached hydrogens (primary N) is 1. The molecular formula is C12H20N2OS. The van der Waals surface area contributed by atoms with Crippen molar-refractivity contribution >= 4 is 11.3 Å². The standard InChI is InChI=1S/C12H20N2OS/c1-2-5-14-6-7-15-10(9-14)12(13)11-4-3-8-16-11/h3-4,8,10,12H,2,5-7,9,13H2,1H3. The second-order valence-electron chi connectivity index (χ2n) is 4.25. The quantitative estimate of drug-likeness (QED) is 0.873. The zero-order chi connectivity index (χ0) is 11.4. The normalized spacial score (nSPS) is 24.5. The minimum atomic E-state index is 0.0275. The maximum absolute atomic E-state index is 6.23. The molecule has 2 N–H and O–H groups in total. The molecule has 1 aliphatic rings. The van der Waals surface area contributed by atoms with Gasteiger partial charge in [0.05, 0.1) is 18.8 Å². The molecule has 0 bridgehead atoms. The molecule has 2 heterocycles. The highest BCUT2D eigenvalue weighted by Crippen LogP contribution is 2.23. The first kappa shape index (κ1) is 12.0. The molecular weight excluding hydrogens is 220 g/mol. The molecule has 16 heavy (non-hydrogen) atoms. The van der Waals surface area contributed by atoms with Crippen LogP contribution in [0.3, 0.4) is 0 Å². The molecule has 2 unspecified atom stereocenters. The van der Waals surface area contributed by atoms with Gasteiger partial charge in [0.2, 0.25) is 0 Å². The first-order chi connectivity index (χ1) is 7.81. The van der Waals surface area contributed by atoms with Crippen LogP contribution in [-0.4, -0.2) is 37.2 Å². The Balaban J connectivity index is 1.93. The van der Waals surface area contributed by atoms with E-state index in [0.717, 1.165) is 26.2 Å². The first-order valence-corrected chi connectivity index (χ1v) is 6.82. The third kappa shape index (κ3) is 2.83. The van der Waals surface area contributed by atoms with E-state index in [4.69, 9.17) is 10.5 Å². The predicted molar refractivity (Wildman–Crippen MR) is 67.7 cm³/mol. The Bertz CT molecular complexity index is 300. The summed E-state index contributed by atoms with van der Waals surface area (Å²) in [6.07, 6.45) is 1.35. The summed E-state index contributed by atoms with van der Waals surface area (Å²) >= 11 is 1.72. The molecule has 1 aromatic heterocycles. The average Bonchev–Trinajstić information content (AvgIpc) is 2.82. The predicted octanol–water partition coefficient (Wildman–Crippen LogP) is 1.86. The summed E-state index contributed by atoms with van der Waals surface area (Å²) in [6.45, 7) is 6.18. The van der Waals surface area contributed by atoms with E-state index in [9.17, 15) is 0 Å². The maximum atomic E-state index is 6.23. The molecule has 0 amide bonds. The zero-order valence-electron chi connectivity index (χ0n) is 9.76. The van der Waals surface area contributed by atoms with Gasteiger partial charge in [-0.25, -0.2) is 0 Å². The fraction of sp³-hybridized carbons (Fsp3) is 0.667. The lowest BCUT2D eigenvalue weighted by Gasteiger charge is -2.35. The fourth-order valence-electron chi connectivity index (χ4n) is 2.13. The number of hydrogen-bond donors (Lipinski definition) is 1. The van der Waals surface area contributed by atoms with E-state index in [1.54, 1.807) is 11.3 Å². The van der Waals surface area contributed by atoms with Crippen molar-refractivity contribution in [2.24, 2.45) is 5.73 Å². The van der Waals surface area contributed by atoms with Crippen molar-refractivity contribution in [3.05, 3.63) is 22.4 Å². The number of rotatable bonds is 4. The van der Waals surface area contributed by atoms with Gasteiger partial charge in [-0.05, 0) is 24.4 Å². The van der Waals surface area contributed by atoms with E-state index in [0.29, 0.717) is 0 Å². The highest BCUT2D eigenvalue weighted by atomic mass is 32.1. The van der Waals surface area contributed by atoms with Gasteiger partial charge in [0.1, 0.15) is 0 Å². The third-order valence-electron chi connectivity index (χ3n) is 2.99. The van der Waals surface area contributed by atoms with Crippen LogP contribution >= 0.6 is 11.3 Å². The Morgan fingerprint density at radius 3 is 3.25 bits per heavy atom. The lowest BCUT2D eigenvalue weighted by atomic mass is 10.1. The molecule has 2 atom stereocenters. The Labute approximate surface area is 101 Å². The SMILES string of the molecule is CCCN1CCOC(C(N)c2cccs2)C1. The van der Waals surface area contributed by atoms with Crippen LogP contribution in [0.4, 0.5) is 0 Å². The molecule has 0 aromatic carbocycles. The van der Waals surface area contributed by atoms with Gasteiger partial charge < -0.3 is 10.5 Å². The summed E-state index contributed by atoms with van der Waals surface area (Å²) < 4.78 is 5.78. The summed E-state index contributed by atoms with van der Waals surface area (Å²) in [5.74, 6) is 0. The molecule has 2 rings (SSSR count). The largest absolute Gasteiger partial charge is 0.374 e. The van der Waals surface area contributed by atoms with E-state index >= 15 is 0 Å². The van der Waals surface area contributed by atoms with Crippen molar-refractivity contribution in [1.29, 1.82) is 0 Å². The smallest absolute Gasteiger partial charge is 0.0902 e. The van der Waals surface area contributed by atoms with E-state index in [1.807, 2.05) is 6.07 Å². The van der Waals surface area contributed by atoms with Gasteiger partial charge >= 0.3 is 0 Å². The van der Waals surface area contributed by atoms with Crippen LogP contribution in [-0.2, 0) is 4.74 Å². The lowest BCUT2D eigenvalue weighted by Crippen LogP contribution is -2.47. The number of ether oxygens (including phenoxy) is 1. The summed E-state index contributed by atoms with van der Waals surface area (Å²) in [5, 5.41) is 2.07. The molecule has 3 nitrogen and oxygen atoms in total. The summed E-state index contributed by atoms with van der Waals surface area (Å²) in [7, 11) is 0. The number of thiophene rings is 1. The average molecular weight is 240 g/mol. The Morgan fingerprint density at radius 2 is 2.56 bits per heavy atom. The van der Waals surface area contributed by atoms with Gasteiger partial charge in [-0.2, -0.15) is 0 Å². The van der Waals surface area contributed by atoms with Gasteiger partial charge in [-0.1, -0.05) is 13.0 Å². The number of morpholine rings is 1. The zero-order valence-corrected chi connectivity index (χ0v) is 10.6. The second-order valence-corrected chi connectivity index (χ2v) is 5.23. The van der Waals surface area contributed by atoms with Crippen molar-refractivity contribution < 1.29 is 4.74 Å². The van der Waals surface area contributed by atoms with Crippen molar-refractivity contribution in [1.82, 2.24) is 4.90 Å². The van der Waals surface area contributed by atoms with Crippen LogP contribution < -0.4 is 5.73 Å². The topological polar surface area (TPSA) is 38.5 Å². The molecule has 1 aliphatic heterocycles. The molecule has 1 fully saturated rings. The van der Waals surface area contributed by atoms with Crippen LogP contribution in [0.1, 0.15) is 24.3 Å². The van der Waals surface area contributed by atoms with Crippen molar-refractivity contribution in [3.63, 3.8) is 0 Å². The Hall–Kier alpha value is -0.420. The first-order valence-electron chi connectivity index (χ1n) is 5.94. The Kier molecular flexibility index (Phi) is 4.35. The molecule has 0 radical (unpaired) electrons. The van der Waals surface area contributed by atoms with Crippen LogP contribution in [0.2, 0.25) is 0 Å². The lowest BCUT2D eigenvalue weighted by molar-refractivity contribution is -0.0402. The minimum absolute atomic E-state index is 0.0275. The van der Waals surface area contributed by atoms with Crippen molar-refractivity contribution in [2.45, 2.75) is 25.5 Å². The highest BCUT2D eigenvalue weighted by Gasteiger charge is 2.26. The van der Waals surface area contributed by atoms with Gasteiger partial charge in [0.15, 0.2) is 0 Å². The van der Waals surface area contributed by atoms with Gasteiger partial charge in [0.25, 0.3) is 0 Å². The van der Waals surface area contributed by atoms with Gasteiger partial charge in [-0.3, -0.25) is 4.90 Å². The molecule has 0 spiro atoms. The van der Waals surface area contributed by atoms with Crippen LogP contribution in [0, 0.1) is 0 Å². The van der Waals surface area contributed by atoms with Crippen molar-refractivity contribution in [3.8, 4) is 0 Å². The Morgan fingerprint density at radius 1 is 1.69 bits per heavy atom. The minimum Gasteiger partial charge on any atom is -0.374 e. The van der Waals surface area contributed by atoms with E-state index in [2.05, 4.69) is 23.3 Å². The summed E-state index contributed by atoms with van der Waals surface area (Å²) in [5.41, 5.74) is 6.23. The molecule has 0 saturated carbocycles. The van der Waals surface area contributed by atoms with Crippen LogP contribution in [0.5, 0.6) is 0 Å². The van der Waals surface area contributed by atoms with Crippen molar-refractivity contribution in [2.75, 3.05) is 26.2 Å². The molecule has 1 saturated heterocycles. The summed E-state index contributed by atoms with van der Waals surface area (Å²) in [4.78, 5) is 3.67. The fourth-order valence-corrected chi connectivity index (χ4v) is 2.91. The molecule has 1 aromatic rings. The van der Waals surface area contributed by atoms with E-state index in [1.165, 1.54) is 11.3 Å². The molecule has 4 heteroatoms. The number of nitrogens with zero attached hydrogens (tertiary/aromatic N) is 1. The highest BCUT2D eigenvalue weighted by molar-refractivity contribution is 7.10. The second kappa shape index (κ2) is 5.77. The number of hydrogen-bond acceptors (Lipinski definition) is 4. The maximum Gasteiger partial charge on any atom is 0.0902 e. The monoisotopic (exact) mass is 240 g/mol. The van der Waals surface area contributed by atoms with Gasteiger partial charge in [0, 0.05) is 18.0 Å². The van der Waals surface area contributed by atoms with Crippen LogP contribution in [0.25, 0.3) is 0 Å². The van der Waals surface area contributed by atoms with Gasteiger partial charge in [-0.15, -0.1) is 11.3 Å². The molecule has 90 valence electrons. The molecule has 0 aliphatic carbocycles. The van der Waals surface area contributed by atoms with Crippen LogP contribution in [0.15, 0.2) is 17.5 Å². The third-order valence-corrected chi connectivity index (χ3v) is 3.96. The van der Waals surface area contributed by atoms with E-state index < -0.39 is 0 Å². The summed E-state index contributed by atoms with van der Waals surface area (Å²) in [6, 6.07) is 4.17.